The van der Waals surface area contributed by atoms with Crippen LogP contribution >= 0.6 is 0 Å². The van der Waals surface area contributed by atoms with Crippen molar-refractivity contribution in [2.24, 2.45) is 5.73 Å². The highest BCUT2D eigenvalue weighted by Gasteiger charge is 2.30. The Hall–Kier alpha value is -2.72. The van der Waals surface area contributed by atoms with E-state index in [9.17, 15) is 27.9 Å². The van der Waals surface area contributed by atoms with Crippen LogP contribution in [0.1, 0.15) is 12.5 Å². The van der Waals surface area contributed by atoms with Gasteiger partial charge in [0.15, 0.2) is 0 Å². The fraction of sp³-hybridized carbons (Fsp3) is 0.353. The number of benzene rings is 1. The van der Waals surface area contributed by atoms with E-state index in [2.05, 4.69) is 10.3 Å². The number of aromatic nitrogens is 2. The van der Waals surface area contributed by atoms with Crippen molar-refractivity contribution in [2.75, 3.05) is 6.54 Å². The molecule has 2 aromatic rings. The normalized spacial score (nSPS) is 14.4. The topological polar surface area (TPSA) is 110 Å². The van der Waals surface area contributed by atoms with Crippen LogP contribution in [0.15, 0.2) is 41.5 Å². The number of nitrogens with two attached hydrogens (primary N) is 1. The molecule has 0 fully saturated rings. The number of rotatable bonds is 6. The second-order valence-corrected chi connectivity index (χ2v) is 5.91. The Kier molecular flexibility index (Phi) is 6.34. The van der Waals surface area contributed by atoms with Crippen LogP contribution in [0.4, 0.5) is 13.2 Å². The van der Waals surface area contributed by atoms with Crippen molar-refractivity contribution in [1.82, 2.24) is 14.9 Å². The predicted octanol–water partition coefficient (Wildman–Crippen LogP) is 0.796. The van der Waals surface area contributed by atoms with Gasteiger partial charge >= 0.3 is 6.18 Å². The number of carbonyl (C=O) groups is 1. The van der Waals surface area contributed by atoms with Gasteiger partial charge in [-0.3, -0.25) is 14.2 Å². The summed E-state index contributed by atoms with van der Waals surface area (Å²) in [5.74, 6) is -0.514. The lowest BCUT2D eigenvalue weighted by Crippen LogP contribution is -2.47. The SMILES string of the molecule is C[C@@H](O)[C@H](N)C(=O)NC/C=C/Cn1cnc2cc(C(F)(F)F)ccc2c1=O. The number of hydrogen-bond acceptors (Lipinski definition) is 5. The number of hydrogen-bond donors (Lipinski definition) is 3. The minimum absolute atomic E-state index is 0.0329. The highest BCUT2D eigenvalue weighted by molar-refractivity contribution is 5.82. The first-order valence-electron chi connectivity index (χ1n) is 8.04. The largest absolute Gasteiger partial charge is 0.416 e. The van der Waals surface area contributed by atoms with E-state index in [-0.39, 0.29) is 24.0 Å². The molecule has 4 N–H and O–H groups in total. The lowest BCUT2D eigenvalue weighted by molar-refractivity contribution is -0.137. The molecular formula is C17H19F3N4O3. The molecule has 0 aliphatic rings. The van der Waals surface area contributed by atoms with Crippen LogP contribution in [0, 0.1) is 0 Å². The number of nitrogens with zero attached hydrogens (tertiary/aromatic N) is 2. The lowest BCUT2D eigenvalue weighted by atomic mass is 10.1. The zero-order valence-electron chi connectivity index (χ0n) is 14.4. The Morgan fingerprint density at radius 3 is 2.74 bits per heavy atom. The Morgan fingerprint density at radius 1 is 1.41 bits per heavy atom. The van der Waals surface area contributed by atoms with Gasteiger partial charge < -0.3 is 16.2 Å². The first kappa shape index (κ1) is 20.6. The summed E-state index contributed by atoms with van der Waals surface area (Å²) in [6.07, 6.45) is -1.15. The van der Waals surface area contributed by atoms with Crippen LogP contribution in [-0.4, -0.2) is 39.3 Å². The molecule has 0 aliphatic heterocycles. The molecular weight excluding hydrogens is 365 g/mol. The fourth-order valence-electron chi connectivity index (χ4n) is 2.23. The van der Waals surface area contributed by atoms with Crippen LogP contribution in [0.25, 0.3) is 10.9 Å². The maximum absolute atomic E-state index is 12.7. The average Bonchev–Trinajstić information content (AvgIpc) is 2.61. The van der Waals surface area contributed by atoms with Crippen molar-refractivity contribution < 1.29 is 23.1 Å². The van der Waals surface area contributed by atoms with Gasteiger partial charge in [0.25, 0.3) is 5.56 Å². The summed E-state index contributed by atoms with van der Waals surface area (Å²) < 4.78 is 39.4. The molecule has 0 saturated heterocycles. The molecule has 0 radical (unpaired) electrons. The van der Waals surface area contributed by atoms with Gasteiger partial charge in [0.2, 0.25) is 5.91 Å². The van der Waals surface area contributed by atoms with Crippen LogP contribution < -0.4 is 16.6 Å². The first-order valence-corrected chi connectivity index (χ1v) is 8.04. The van der Waals surface area contributed by atoms with Gasteiger partial charge in [-0.1, -0.05) is 12.2 Å². The molecule has 10 heteroatoms. The number of fused-ring (bicyclic) bond motifs is 1. The van der Waals surface area contributed by atoms with E-state index < -0.39 is 35.4 Å². The maximum Gasteiger partial charge on any atom is 0.416 e. The highest BCUT2D eigenvalue weighted by Crippen LogP contribution is 2.30. The molecule has 0 aliphatic carbocycles. The number of alkyl halides is 3. The van der Waals surface area contributed by atoms with Crippen molar-refractivity contribution in [2.45, 2.75) is 31.8 Å². The maximum atomic E-state index is 12.7. The van der Waals surface area contributed by atoms with E-state index in [0.29, 0.717) is 0 Å². The van der Waals surface area contributed by atoms with Gasteiger partial charge in [0.05, 0.1) is 28.9 Å². The minimum Gasteiger partial charge on any atom is -0.391 e. The van der Waals surface area contributed by atoms with Gasteiger partial charge in [-0.15, -0.1) is 0 Å². The molecule has 2 rings (SSSR count). The van der Waals surface area contributed by atoms with E-state index in [0.717, 1.165) is 24.5 Å². The molecule has 0 unspecified atom stereocenters. The van der Waals surface area contributed by atoms with Crippen molar-refractivity contribution in [3.63, 3.8) is 0 Å². The number of nitrogens with one attached hydrogen (secondary N) is 1. The molecule has 2 atom stereocenters. The van der Waals surface area contributed by atoms with Crippen molar-refractivity contribution in [3.05, 3.63) is 52.6 Å². The quantitative estimate of drug-likeness (QED) is 0.638. The van der Waals surface area contributed by atoms with Crippen LogP contribution in [0.3, 0.4) is 0 Å². The molecule has 1 aromatic carbocycles. The standard InChI is InChI=1S/C17H19F3N4O3/c1-10(25)14(21)15(26)22-6-2-3-7-24-9-23-13-8-11(17(18,19)20)4-5-12(13)16(24)27/h2-5,8-10,14,25H,6-7,21H2,1H3,(H,22,26)/b3-2+/t10-,14+/m1/s1. The zero-order valence-corrected chi connectivity index (χ0v) is 14.4. The number of amides is 1. The minimum atomic E-state index is -4.51. The van der Waals surface area contributed by atoms with Crippen LogP contribution in [0.5, 0.6) is 0 Å². The number of carbonyl (C=O) groups excluding carboxylic acids is 1. The predicted molar refractivity (Wildman–Crippen MR) is 92.8 cm³/mol. The van der Waals surface area contributed by atoms with E-state index >= 15 is 0 Å². The molecule has 0 saturated carbocycles. The summed E-state index contributed by atoms with van der Waals surface area (Å²) in [5, 5.41) is 11.8. The van der Waals surface area contributed by atoms with Crippen LogP contribution in [0.2, 0.25) is 0 Å². The van der Waals surface area contributed by atoms with Gasteiger partial charge in [0, 0.05) is 13.1 Å². The Balaban J connectivity index is 2.04. The van der Waals surface area contributed by atoms with Gasteiger partial charge in [-0.2, -0.15) is 13.2 Å². The van der Waals surface area contributed by atoms with Crippen molar-refractivity contribution >= 4 is 16.8 Å². The molecule has 1 amide bonds. The summed E-state index contributed by atoms with van der Waals surface area (Å²) in [6.45, 7) is 1.67. The van der Waals surface area contributed by atoms with Gasteiger partial charge in [-0.25, -0.2) is 4.98 Å². The van der Waals surface area contributed by atoms with Gasteiger partial charge in [-0.05, 0) is 25.1 Å². The Morgan fingerprint density at radius 2 is 2.11 bits per heavy atom. The van der Waals surface area contributed by atoms with Crippen molar-refractivity contribution in [1.29, 1.82) is 0 Å². The number of aliphatic hydroxyl groups excluding tert-OH is 1. The summed E-state index contributed by atoms with van der Waals surface area (Å²) in [4.78, 5) is 27.8. The van der Waals surface area contributed by atoms with E-state index in [4.69, 9.17) is 5.73 Å². The third-order valence-corrected chi connectivity index (χ3v) is 3.84. The average molecular weight is 384 g/mol. The molecule has 7 nitrogen and oxygen atoms in total. The smallest absolute Gasteiger partial charge is 0.391 e. The Labute approximate surface area is 152 Å². The lowest BCUT2D eigenvalue weighted by Gasteiger charge is -2.13. The van der Waals surface area contributed by atoms with E-state index in [1.807, 2.05) is 0 Å². The third-order valence-electron chi connectivity index (χ3n) is 3.84. The molecule has 27 heavy (non-hydrogen) atoms. The zero-order chi connectivity index (χ0) is 20.2. The summed E-state index contributed by atoms with van der Waals surface area (Å²) in [6, 6.07) is 1.74. The van der Waals surface area contributed by atoms with Crippen LogP contribution in [-0.2, 0) is 17.5 Å². The second-order valence-electron chi connectivity index (χ2n) is 5.91. The summed E-state index contributed by atoms with van der Waals surface area (Å²) in [5.41, 5.74) is 4.09. The second kappa shape index (κ2) is 8.31. The number of aliphatic hydroxyl groups is 1. The van der Waals surface area contributed by atoms with E-state index in [1.54, 1.807) is 12.2 Å². The monoisotopic (exact) mass is 384 g/mol. The molecule has 0 spiro atoms. The van der Waals surface area contributed by atoms with E-state index in [1.165, 1.54) is 11.5 Å². The highest BCUT2D eigenvalue weighted by atomic mass is 19.4. The number of halogens is 3. The Bertz CT molecular complexity index is 906. The first-order chi connectivity index (χ1) is 12.6. The molecule has 0 bridgehead atoms. The van der Waals surface area contributed by atoms with Crippen molar-refractivity contribution in [3.8, 4) is 0 Å². The molecule has 1 heterocycles. The molecule has 1 aromatic heterocycles. The molecule has 146 valence electrons. The summed E-state index contributed by atoms with van der Waals surface area (Å²) >= 11 is 0. The summed E-state index contributed by atoms with van der Waals surface area (Å²) in [7, 11) is 0. The number of allylic oxidation sites excluding steroid dienone is 1. The van der Waals surface area contributed by atoms with Gasteiger partial charge in [0.1, 0.15) is 6.04 Å². The third kappa shape index (κ3) is 5.14. The fourth-order valence-corrected chi connectivity index (χ4v) is 2.23.